The average Bonchev–Trinajstić information content (AvgIpc) is 2.80. The summed E-state index contributed by atoms with van der Waals surface area (Å²) in [6.45, 7) is 4.15. The fourth-order valence-corrected chi connectivity index (χ4v) is 3.95. The number of nitrogens with one attached hydrogen (secondary N) is 2. The Morgan fingerprint density at radius 2 is 1.59 bits per heavy atom. The van der Waals surface area contributed by atoms with Gasteiger partial charge in [-0.3, -0.25) is 0 Å². The molecule has 0 unspecified atom stereocenters. The smallest absolute Gasteiger partial charge is 0.341 e. The number of esters is 1. The zero-order valence-electron chi connectivity index (χ0n) is 18.8. The van der Waals surface area contributed by atoms with Gasteiger partial charge in [0.15, 0.2) is 5.75 Å². The predicted octanol–water partition coefficient (Wildman–Crippen LogP) is 4.59. The van der Waals surface area contributed by atoms with Crippen LogP contribution < -0.4 is 19.6 Å². The third-order valence-corrected chi connectivity index (χ3v) is 5.79. The van der Waals surface area contributed by atoms with Crippen LogP contribution in [0.3, 0.4) is 0 Å². The van der Waals surface area contributed by atoms with Crippen LogP contribution >= 0.6 is 0 Å². The predicted molar refractivity (Wildman–Crippen MR) is 127 cm³/mol. The van der Waals surface area contributed by atoms with Crippen LogP contribution in [0.5, 0.6) is 11.5 Å². The first-order chi connectivity index (χ1) is 16.2. The Balaban J connectivity index is 1.81. The molecule has 0 aliphatic carbocycles. The molecule has 2 amide bonds. The van der Waals surface area contributed by atoms with Gasteiger partial charge in [0, 0.05) is 11.4 Å². The van der Waals surface area contributed by atoms with Crippen molar-refractivity contribution in [2.24, 2.45) is 0 Å². The van der Waals surface area contributed by atoms with E-state index in [1.54, 1.807) is 18.2 Å². The van der Waals surface area contributed by atoms with Crippen molar-refractivity contribution in [2.75, 3.05) is 24.4 Å². The highest BCUT2D eigenvalue weighted by Gasteiger charge is 2.22. The van der Waals surface area contributed by atoms with Crippen LogP contribution in [0.15, 0.2) is 71.6 Å². The van der Waals surface area contributed by atoms with E-state index < -0.39 is 22.1 Å². The summed E-state index contributed by atoms with van der Waals surface area (Å²) < 4.78 is 40.7. The Hall–Kier alpha value is -4.05. The highest BCUT2D eigenvalue weighted by Crippen LogP contribution is 2.28. The second-order valence-corrected chi connectivity index (χ2v) is 8.64. The second kappa shape index (κ2) is 10.7. The van der Waals surface area contributed by atoms with Crippen molar-refractivity contribution in [1.82, 2.24) is 0 Å². The highest BCUT2D eigenvalue weighted by atomic mass is 32.2. The summed E-state index contributed by atoms with van der Waals surface area (Å²) >= 11 is 0. The summed E-state index contributed by atoms with van der Waals surface area (Å²) in [7, 11) is -3.10. The number of hydrogen-bond acceptors (Lipinski definition) is 7. The zero-order valence-corrected chi connectivity index (χ0v) is 19.6. The minimum atomic E-state index is -4.25. The van der Waals surface area contributed by atoms with Crippen LogP contribution in [-0.2, 0) is 14.9 Å². The van der Waals surface area contributed by atoms with E-state index >= 15 is 0 Å². The molecule has 0 aromatic heterocycles. The SMILES string of the molecule is CCOc1ccc(S(=O)(=O)Oc2ccc(NC(=O)Nc3cccc(C)c3)cc2C(=O)OC)cc1. The van der Waals surface area contributed by atoms with Crippen molar-refractivity contribution in [2.45, 2.75) is 18.7 Å². The minimum absolute atomic E-state index is 0.119. The van der Waals surface area contributed by atoms with Crippen molar-refractivity contribution in [3.63, 3.8) is 0 Å². The Labute approximate surface area is 197 Å². The Bertz CT molecular complexity index is 1290. The molecule has 0 bridgehead atoms. The van der Waals surface area contributed by atoms with Gasteiger partial charge in [-0.2, -0.15) is 8.42 Å². The summed E-state index contributed by atoms with van der Waals surface area (Å²) in [5, 5.41) is 5.27. The second-order valence-electron chi connectivity index (χ2n) is 7.09. The van der Waals surface area contributed by atoms with Gasteiger partial charge < -0.3 is 24.3 Å². The molecule has 0 atom stereocenters. The number of anilines is 2. The number of benzene rings is 3. The lowest BCUT2D eigenvalue weighted by atomic mass is 10.2. The molecule has 178 valence electrons. The molecule has 0 heterocycles. The van der Waals surface area contributed by atoms with Gasteiger partial charge in [0.05, 0.1) is 13.7 Å². The van der Waals surface area contributed by atoms with Gasteiger partial charge in [-0.15, -0.1) is 0 Å². The zero-order chi connectivity index (χ0) is 24.7. The van der Waals surface area contributed by atoms with Gasteiger partial charge in [0.2, 0.25) is 0 Å². The number of urea groups is 1. The number of carbonyl (C=O) groups excluding carboxylic acids is 2. The molecule has 0 saturated carbocycles. The van der Waals surface area contributed by atoms with Gasteiger partial charge in [-0.25, -0.2) is 9.59 Å². The number of aryl methyl sites for hydroxylation is 1. The van der Waals surface area contributed by atoms with Crippen molar-refractivity contribution in [1.29, 1.82) is 0 Å². The molecule has 0 fully saturated rings. The number of carbonyl (C=O) groups is 2. The number of methoxy groups -OCH3 is 1. The molecule has 3 aromatic carbocycles. The van der Waals surface area contributed by atoms with Gasteiger partial charge in [0.1, 0.15) is 16.2 Å². The maximum atomic E-state index is 12.7. The van der Waals surface area contributed by atoms with E-state index in [1.165, 1.54) is 42.5 Å². The molecule has 0 saturated heterocycles. The topological polar surface area (TPSA) is 120 Å². The summed E-state index contributed by atoms with van der Waals surface area (Å²) in [4.78, 5) is 24.5. The first-order valence-electron chi connectivity index (χ1n) is 10.3. The molecule has 3 aromatic rings. The molecule has 2 N–H and O–H groups in total. The van der Waals surface area contributed by atoms with Crippen molar-refractivity contribution < 1.29 is 31.7 Å². The van der Waals surface area contributed by atoms with Gasteiger partial charge >= 0.3 is 22.1 Å². The Kier molecular flexibility index (Phi) is 7.75. The van der Waals surface area contributed by atoms with E-state index in [1.807, 2.05) is 19.9 Å². The molecule has 3 rings (SSSR count). The maximum Gasteiger partial charge on any atom is 0.341 e. The molecule has 10 heteroatoms. The van der Waals surface area contributed by atoms with Crippen LogP contribution in [0, 0.1) is 6.92 Å². The van der Waals surface area contributed by atoms with Crippen LogP contribution in [-0.4, -0.2) is 34.1 Å². The van der Waals surface area contributed by atoms with Gasteiger partial charge in [-0.05, 0) is 74.0 Å². The Morgan fingerprint density at radius 3 is 2.21 bits per heavy atom. The lowest BCUT2D eigenvalue weighted by molar-refractivity contribution is 0.0599. The molecular weight excluding hydrogens is 460 g/mol. The van der Waals surface area contributed by atoms with E-state index in [2.05, 4.69) is 10.6 Å². The summed E-state index contributed by atoms with van der Waals surface area (Å²) in [6.07, 6.45) is 0. The Morgan fingerprint density at radius 1 is 0.912 bits per heavy atom. The molecule has 0 aliphatic rings. The molecule has 0 radical (unpaired) electrons. The molecule has 0 spiro atoms. The van der Waals surface area contributed by atoms with Crippen LogP contribution in [0.25, 0.3) is 0 Å². The number of rotatable bonds is 8. The summed E-state index contributed by atoms with van der Waals surface area (Å²) in [5.74, 6) is -0.568. The first kappa shape index (κ1) is 24.6. The highest BCUT2D eigenvalue weighted by molar-refractivity contribution is 7.87. The van der Waals surface area contributed by atoms with Crippen LogP contribution in [0.4, 0.5) is 16.2 Å². The molecule has 0 aliphatic heterocycles. The quantitative estimate of drug-likeness (QED) is 0.354. The lowest BCUT2D eigenvalue weighted by Gasteiger charge is -2.13. The van der Waals surface area contributed by atoms with Gasteiger partial charge in [-0.1, -0.05) is 12.1 Å². The maximum absolute atomic E-state index is 12.7. The standard InChI is InChI=1S/C24H24N2O7S/c1-4-32-19-9-11-20(12-10-19)34(29,30)33-22-13-8-18(15-21(22)23(27)31-3)26-24(28)25-17-7-5-6-16(2)14-17/h5-15H,4H2,1-3H3,(H2,25,26,28). The van der Waals surface area contributed by atoms with E-state index in [0.29, 0.717) is 18.0 Å². The van der Waals surface area contributed by atoms with E-state index in [0.717, 1.165) is 12.7 Å². The van der Waals surface area contributed by atoms with Crippen molar-refractivity contribution >= 4 is 33.5 Å². The van der Waals surface area contributed by atoms with Crippen molar-refractivity contribution in [3.8, 4) is 11.5 Å². The molecule has 9 nitrogen and oxygen atoms in total. The van der Waals surface area contributed by atoms with E-state index in [4.69, 9.17) is 13.7 Å². The largest absolute Gasteiger partial charge is 0.494 e. The third-order valence-electron chi connectivity index (χ3n) is 4.54. The summed E-state index contributed by atoms with van der Waals surface area (Å²) in [5.41, 5.74) is 1.62. The monoisotopic (exact) mass is 484 g/mol. The minimum Gasteiger partial charge on any atom is -0.494 e. The van der Waals surface area contributed by atoms with Crippen LogP contribution in [0.2, 0.25) is 0 Å². The average molecular weight is 485 g/mol. The summed E-state index contributed by atoms with van der Waals surface area (Å²) in [6, 6.07) is 16.3. The number of hydrogen-bond donors (Lipinski definition) is 2. The number of amides is 2. The van der Waals surface area contributed by atoms with Gasteiger partial charge in [0.25, 0.3) is 0 Å². The molecular formula is C24H24N2O7S. The van der Waals surface area contributed by atoms with Crippen LogP contribution in [0.1, 0.15) is 22.8 Å². The van der Waals surface area contributed by atoms with E-state index in [-0.39, 0.29) is 21.9 Å². The fourth-order valence-electron chi connectivity index (χ4n) is 3.00. The fraction of sp³-hybridized carbons (Fsp3) is 0.167. The molecule has 34 heavy (non-hydrogen) atoms. The van der Waals surface area contributed by atoms with Crippen molar-refractivity contribution in [3.05, 3.63) is 77.9 Å². The number of ether oxygens (including phenoxy) is 2. The third kappa shape index (κ3) is 6.26. The first-order valence-corrected chi connectivity index (χ1v) is 11.7. The lowest BCUT2D eigenvalue weighted by Crippen LogP contribution is -2.20. The van der Waals surface area contributed by atoms with E-state index in [9.17, 15) is 18.0 Å². The normalized spacial score (nSPS) is 10.8.